The first kappa shape index (κ1) is 18.6. The largest absolute Gasteiger partial charge is 0.365 e. The van der Waals surface area contributed by atoms with Crippen molar-refractivity contribution in [3.8, 4) is 0 Å². The van der Waals surface area contributed by atoms with Gasteiger partial charge in [-0.2, -0.15) is 0 Å². The Morgan fingerprint density at radius 2 is 1.93 bits per heavy atom. The van der Waals surface area contributed by atoms with Crippen LogP contribution < -0.4 is 9.47 Å². The normalized spacial score (nSPS) is 11.0. The predicted octanol–water partition coefficient (Wildman–Crippen LogP) is 4.28. The van der Waals surface area contributed by atoms with Gasteiger partial charge < -0.3 is 4.90 Å². The number of anilines is 1. The Morgan fingerprint density at radius 1 is 1.19 bits per heavy atom. The second-order valence-electron chi connectivity index (χ2n) is 5.65. The van der Waals surface area contributed by atoms with Crippen molar-refractivity contribution in [2.45, 2.75) is 13.5 Å². The van der Waals surface area contributed by atoms with Crippen LogP contribution in [-0.2, 0) is 6.54 Å². The van der Waals surface area contributed by atoms with E-state index in [0.717, 1.165) is 36.7 Å². The van der Waals surface area contributed by atoms with Crippen LogP contribution in [0.4, 0.5) is 21.5 Å². The number of aromatic nitrogens is 2. The number of azo groups is 1. The lowest BCUT2D eigenvalue weighted by Gasteiger charge is -2.21. The van der Waals surface area contributed by atoms with Gasteiger partial charge in [-0.3, -0.25) is 10.1 Å². The summed E-state index contributed by atoms with van der Waals surface area (Å²) in [6.07, 6.45) is 5.30. The Labute approximate surface area is 160 Å². The second kappa shape index (κ2) is 8.95. The van der Waals surface area contributed by atoms with Gasteiger partial charge in [0.2, 0.25) is 5.13 Å². The Hall–Kier alpha value is -3.20. The molecule has 0 atom stereocenters. The van der Waals surface area contributed by atoms with Crippen LogP contribution in [0, 0.1) is 10.1 Å². The molecule has 1 aromatic carbocycles. The molecule has 0 bridgehead atoms. The fourth-order valence-corrected chi connectivity index (χ4v) is 3.06. The molecule has 0 unspecified atom stereocenters. The fraction of sp³-hybridized carbons (Fsp3) is 0.222. The molecule has 8 nitrogen and oxygen atoms in total. The number of nitro groups is 1. The van der Waals surface area contributed by atoms with Gasteiger partial charge in [-0.15, -0.1) is 10.2 Å². The summed E-state index contributed by atoms with van der Waals surface area (Å²) in [5, 5.41) is 18.9. The van der Waals surface area contributed by atoms with E-state index in [0.29, 0.717) is 5.69 Å². The van der Waals surface area contributed by atoms with Gasteiger partial charge in [0, 0.05) is 24.4 Å². The van der Waals surface area contributed by atoms with E-state index in [-0.39, 0.29) is 10.1 Å². The minimum atomic E-state index is -0.488. The first-order valence-corrected chi connectivity index (χ1v) is 9.28. The molecule has 0 saturated carbocycles. The molecule has 3 aromatic rings. The van der Waals surface area contributed by atoms with Gasteiger partial charge in [-0.05, 0) is 42.5 Å². The molecule has 9 heteroatoms. The number of hydrogen-bond donors (Lipinski definition) is 0. The Balaban J connectivity index is 1.62. The van der Waals surface area contributed by atoms with E-state index < -0.39 is 4.92 Å². The van der Waals surface area contributed by atoms with Crippen molar-refractivity contribution in [1.82, 2.24) is 4.98 Å². The van der Waals surface area contributed by atoms with Crippen molar-refractivity contribution in [1.29, 1.82) is 0 Å². The van der Waals surface area contributed by atoms with Crippen LogP contribution in [0.3, 0.4) is 0 Å². The van der Waals surface area contributed by atoms with Crippen molar-refractivity contribution in [3.63, 3.8) is 0 Å². The van der Waals surface area contributed by atoms with Gasteiger partial charge in [-0.25, -0.2) is 9.55 Å². The van der Waals surface area contributed by atoms with Crippen molar-refractivity contribution in [3.05, 3.63) is 71.2 Å². The van der Waals surface area contributed by atoms with E-state index >= 15 is 0 Å². The number of benzene rings is 1. The topological polar surface area (TPSA) is 87.9 Å². The van der Waals surface area contributed by atoms with E-state index in [4.69, 9.17) is 0 Å². The monoisotopic (exact) mass is 383 g/mol. The van der Waals surface area contributed by atoms with Gasteiger partial charge in [0.25, 0.3) is 0 Å². The van der Waals surface area contributed by atoms with Crippen molar-refractivity contribution >= 4 is 32.8 Å². The summed E-state index contributed by atoms with van der Waals surface area (Å²) < 4.78 is 2.15. The summed E-state index contributed by atoms with van der Waals surface area (Å²) in [6.45, 7) is 4.82. The summed E-state index contributed by atoms with van der Waals surface area (Å²) in [5.41, 5.74) is 1.78. The van der Waals surface area contributed by atoms with Gasteiger partial charge >= 0.3 is 5.00 Å². The van der Waals surface area contributed by atoms with E-state index in [1.165, 1.54) is 6.20 Å². The summed E-state index contributed by atoms with van der Waals surface area (Å²) in [4.78, 5) is 16.3. The number of hydrogen-bond acceptors (Lipinski definition) is 7. The SMILES string of the molecule is CCN(CC[n+]1ccccc1)c1ccc(/N=N/c2ncc([N+](=O)[O-])s2)cc1. The zero-order valence-corrected chi connectivity index (χ0v) is 15.6. The second-order valence-corrected chi connectivity index (χ2v) is 6.64. The lowest BCUT2D eigenvalue weighted by molar-refractivity contribution is -0.694. The first-order chi connectivity index (χ1) is 13.2. The van der Waals surface area contributed by atoms with Crippen LogP contribution >= 0.6 is 11.3 Å². The predicted molar refractivity (Wildman–Crippen MR) is 104 cm³/mol. The zero-order valence-electron chi connectivity index (χ0n) is 14.8. The van der Waals surface area contributed by atoms with E-state index in [1.54, 1.807) is 0 Å². The fourth-order valence-electron chi connectivity index (χ4n) is 2.51. The van der Waals surface area contributed by atoms with Crippen LogP contribution in [-0.4, -0.2) is 23.0 Å². The lowest BCUT2D eigenvalue weighted by atomic mass is 10.2. The molecule has 0 saturated heterocycles. The maximum Gasteiger partial charge on any atom is 0.345 e. The average Bonchev–Trinajstić information content (AvgIpc) is 3.18. The summed E-state index contributed by atoms with van der Waals surface area (Å²) in [7, 11) is 0. The highest BCUT2D eigenvalue weighted by atomic mass is 32.1. The molecular formula is C18H19N6O2S+. The quantitative estimate of drug-likeness (QED) is 0.251. The molecule has 0 aliphatic carbocycles. The summed E-state index contributed by atoms with van der Waals surface area (Å²) >= 11 is 0.895. The number of nitrogens with zero attached hydrogens (tertiary/aromatic N) is 6. The smallest absolute Gasteiger partial charge is 0.345 e. The molecule has 3 rings (SSSR count). The van der Waals surface area contributed by atoms with Crippen LogP contribution in [0.15, 0.2) is 71.3 Å². The third-order valence-electron chi connectivity index (χ3n) is 3.91. The third-order valence-corrected chi connectivity index (χ3v) is 4.75. The standard InChI is InChI=1S/C18H19N6O2S/c1-2-23(13-12-22-10-4-3-5-11-22)16-8-6-15(7-9-16)20-21-18-19-14-17(27-18)24(25)26/h3-11,14H,2,12-13H2,1H3/q+1/b21-20+. The molecule has 2 heterocycles. The van der Waals surface area contributed by atoms with E-state index in [2.05, 4.69) is 44.0 Å². The van der Waals surface area contributed by atoms with Crippen LogP contribution in [0.2, 0.25) is 0 Å². The van der Waals surface area contributed by atoms with Crippen molar-refractivity contribution < 1.29 is 9.49 Å². The molecule has 0 aliphatic heterocycles. The Morgan fingerprint density at radius 3 is 2.56 bits per heavy atom. The first-order valence-electron chi connectivity index (χ1n) is 8.47. The van der Waals surface area contributed by atoms with Crippen LogP contribution in [0.1, 0.15) is 6.92 Å². The van der Waals surface area contributed by atoms with Crippen molar-refractivity contribution in [2.75, 3.05) is 18.0 Å². The molecule has 27 heavy (non-hydrogen) atoms. The molecular weight excluding hydrogens is 364 g/mol. The van der Waals surface area contributed by atoms with E-state index in [9.17, 15) is 10.1 Å². The number of likely N-dealkylation sites (N-methyl/N-ethyl adjacent to an activating group) is 1. The molecule has 0 spiro atoms. The molecule has 0 amide bonds. The molecule has 0 aliphatic rings. The summed E-state index contributed by atoms with van der Waals surface area (Å²) in [6, 6.07) is 13.8. The number of pyridine rings is 1. The van der Waals surface area contributed by atoms with Crippen LogP contribution in [0.25, 0.3) is 0 Å². The molecule has 0 radical (unpaired) electrons. The lowest BCUT2D eigenvalue weighted by Crippen LogP contribution is -2.40. The molecule has 0 N–H and O–H groups in total. The molecule has 0 fully saturated rings. The Kier molecular flexibility index (Phi) is 6.16. The minimum absolute atomic E-state index is 0.0471. The van der Waals surface area contributed by atoms with Crippen LogP contribution in [0.5, 0.6) is 0 Å². The number of thiazole rings is 1. The highest BCUT2D eigenvalue weighted by molar-refractivity contribution is 7.18. The molecule has 138 valence electrons. The number of rotatable bonds is 8. The van der Waals surface area contributed by atoms with Gasteiger partial charge in [0.05, 0.1) is 17.2 Å². The third kappa shape index (κ3) is 5.14. The Bertz CT molecular complexity index is 911. The van der Waals surface area contributed by atoms with Crippen molar-refractivity contribution in [2.24, 2.45) is 10.2 Å². The summed E-state index contributed by atoms with van der Waals surface area (Å²) in [5.74, 6) is 0. The van der Waals surface area contributed by atoms with E-state index in [1.807, 2.05) is 42.5 Å². The zero-order chi connectivity index (χ0) is 19.1. The highest BCUT2D eigenvalue weighted by Crippen LogP contribution is 2.29. The maximum absolute atomic E-state index is 10.7. The van der Waals surface area contributed by atoms with Gasteiger partial charge in [-0.1, -0.05) is 6.07 Å². The minimum Gasteiger partial charge on any atom is -0.365 e. The highest BCUT2D eigenvalue weighted by Gasteiger charge is 2.11. The van der Waals surface area contributed by atoms with Gasteiger partial charge in [0.15, 0.2) is 18.9 Å². The molecule has 2 aromatic heterocycles. The average molecular weight is 383 g/mol. The van der Waals surface area contributed by atoms with Gasteiger partial charge in [0.1, 0.15) is 6.20 Å². The maximum atomic E-state index is 10.7.